The molecule has 1 aromatic carbocycles. The van der Waals surface area contributed by atoms with Crippen molar-refractivity contribution in [2.24, 2.45) is 0 Å². The maximum absolute atomic E-state index is 13.2. The van der Waals surface area contributed by atoms with Crippen molar-refractivity contribution < 1.29 is 9.21 Å². The molecule has 3 heterocycles. The highest BCUT2D eigenvalue weighted by Crippen LogP contribution is 2.27. The van der Waals surface area contributed by atoms with Crippen molar-refractivity contribution in [3.8, 4) is 17.4 Å². The number of anilines is 1. The largest absolute Gasteiger partial charge is 0.463 e. The number of nitrogens with one attached hydrogen (secondary N) is 2. The second-order valence-electron chi connectivity index (χ2n) is 7.81. The number of H-pyrrole nitrogens is 1. The number of aromatic nitrogens is 4. The van der Waals surface area contributed by atoms with Gasteiger partial charge in [-0.25, -0.2) is 4.98 Å². The van der Waals surface area contributed by atoms with E-state index >= 15 is 0 Å². The number of benzene rings is 1. The Morgan fingerprint density at radius 1 is 1.16 bits per heavy atom. The van der Waals surface area contributed by atoms with Crippen LogP contribution in [0.1, 0.15) is 50.3 Å². The second-order valence-corrected chi connectivity index (χ2v) is 7.81. The summed E-state index contributed by atoms with van der Waals surface area (Å²) >= 11 is 0. The number of carbonyl (C=O) groups excluding carboxylic acids is 1. The van der Waals surface area contributed by atoms with Gasteiger partial charge in [-0.3, -0.25) is 14.6 Å². The highest BCUT2D eigenvalue weighted by atomic mass is 16.3. The van der Waals surface area contributed by atoms with Gasteiger partial charge in [0.05, 0.1) is 17.9 Å². The van der Waals surface area contributed by atoms with Crippen molar-refractivity contribution in [3.05, 3.63) is 82.5 Å². The van der Waals surface area contributed by atoms with E-state index < -0.39 is 0 Å². The molecule has 0 fully saturated rings. The van der Waals surface area contributed by atoms with Gasteiger partial charge in [0, 0.05) is 12.1 Å². The number of rotatable bonds is 7. The minimum Gasteiger partial charge on any atom is -0.463 e. The predicted molar refractivity (Wildman–Crippen MR) is 122 cm³/mol. The Kier molecular flexibility index (Phi) is 6.02. The van der Waals surface area contributed by atoms with E-state index in [-0.39, 0.29) is 29.3 Å². The normalized spacial score (nSPS) is 12.1. The van der Waals surface area contributed by atoms with Crippen molar-refractivity contribution in [3.63, 3.8) is 0 Å². The third kappa shape index (κ3) is 4.39. The van der Waals surface area contributed by atoms with Crippen LogP contribution in [0.5, 0.6) is 0 Å². The molecule has 0 saturated carbocycles. The first-order chi connectivity index (χ1) is 15.5. The number of furan rings is 1. The van der Waals surface area contributed by atoms with Gasteiger partial charge in [-0.2, -0.15) is 9.78 Å². The summed E-state index contributed by atoms with van der Waals surface area (Å²) < 4.78 is 6.90. The van der Waals surface area contributed by atoms with E-state index in [2.05, 4.69) is 20.4 Å². The molecule has 0 aliphatic carbocycles. The third-order valence-electron chi connectivity index (χ3n) is 5.20. The average Bonchev–Trinajstić information content (AvgIpc) is 3.45. The third-order valence-corrected chi connectivity index (χ3v) is 5.20. The molecule has 3 aromatic heterocycles. The standard InChI is InChI=1S/C24H25N5O3/c1-4-17(16-9-6-5-7-10-16)23(31)26-21-13-19(20-11-8-12-32-20)28-29(21)24-25-18(15(2)3)14-22(30)27-24/h5-15,17H,4H2,1-3H3,(H,26,31)(H,25,27,30). The molecule has 32 heavy (non-hydrogen) atoms. The average molecular weight is 431 g/mol. The zero-order valence-corrected chi connectivity index (χ0v) is 18.2. The summed E-state index contributed by atoms with van der Waals surface area (Å²) in [7, 11) is 0. The molecule has 1 amide bonds. The SMILES string of the molecule is CCC(C(=O)Nc1cc(-c2ccco2)nn1-c1nc(C(C)C)cc(=O)[nH]1)c1ccccc1. The highest BCUT2D eigenvalue weighted by Gasteiger charge is 2.22. The van der Waals surface area contributed by atoms with E-state index in [1.807, 2.05) is 51.1 Å². The Bertz CT molecular complexity index is 1260. The van der Waals surface area contributed by atoms with Gasteiger partial charge in [-0.15, -0.1) is 0 Å². The molecule has 4 aromatic rings. The molecule has 2 N–H and O–H groups in total. The maximum atomic E-state index is 13.2. The first kappa shape index (κ1) is 21.3. The Hall–Kier alpha value is -3.94. The van der Waals surface area contributed by atoms with E-state index in [0.717, 1.165) is 5.56 Å². The zero-order valence-electron chi connectivity index (χ0n) is 18.2. The fourth-order valence-corrected chi connectivity index (χ4v) is 3.51. The summed E-state index contributed by atoms with van der Waals surface area (Å²) in [5.74, 6) is 0.698. The van der Waals surface area contributed by atoms with Gasteiger partial charge < -0.3 is 9.73 Å². The van der Waals surface area contributed by atoms with Crippen LogP contribution in [-0.2, 0) is 4.79 Å². The summed E-state index contributed by atoms with van der Waals surface area (Å²) in [6.45, 7) is 5.88. The fraction of sp³-hybridized carbons (Fsp3) is 0.250. The van der Waals surface area contributed by atoms with Crippen LogP contribution in [0.15, 0.2) is 70.1 Å². The molecule has 1 unspecified atom stereocenters. The highest BCUT2D eigenvalue weighted by molar-refractivity contribution is 5.95. The number of hydrogen-bond acceptors (Lipinski definition) is 5. The van der Waals surface area contributed by atoms with Crippen molar-refractivity contribution in [2.45, 2.75) is 39.0 Å². The van der Waals surface area contributed by atoms with Gasteiger partial charge >= 0.3 is 0 Å². The number of nitrogens with zero attached hydrogens (tertiary/aromatic N) is 3. The molecule has 0 spiro atoms. The van der Waals surface area contributed by atoms with Crippen molar-refractivity contribution in [2.75, 3.05) is 5.32 Å². The summed E-state index contributed by atoms with van der Waals surface area (Å²) in [4.78, 5) is 32.7. The van der Waals surface area contributed by atoms with E-state index in [4.69, 9.17) is 4.42 Å². The molecule has 0 saturated heterocycles. The number of hydrogen-bond donors (Lipinski definition) is 2. The predicted octanol–water partition coefficient (Wildman–Crippen LogP) is 4.47. The van der Waals surface area contributed by atoms with E-state index in [1.54, 1.807) is 24.5 Å². The van der Waals surface area contributed by atoms with Crippen LogP contribution in [0.25, 0.3) is 17.4 Å². The minimum atomic E-state index is -0.333. The van der Waals surface area contributed by atoms with Crippen molar-refractivity contribution in [1.82, 2.24) is 19.7 Å². The molecule has 0 bridgehead atoms. The quantitative estimate of drug-likeness (QED) is 0.449. The van der Waals surface area contributed by atoms with Crippen molar-refractivity contribution >= 4 is 11.7 Å². The molecule has 8 heteroatoms. The smallest absolute Gasteiger partial charge is 0.252 e. The molecular formula is C24H25N5O3. The van der Waals surface area contributed by atoms with Crippen molar-refractivity contribution in [1.29, 1.82) is 0 Å². The summed E-state index contributed by atoms with van der Waals surface area (Å²) in [5.41, 5.74) is 1.78. The van der Waals surface area contributed by atoms with Crippen LogP contribution in [0.2, 0.25) is 0 Å². The molecule has 1 atom stereocenters. The lowest BCUT2D eigenvalue weighted by molar-refractivity contribution is -0.117. The number of amides is 1. The minimum absolute atomic E-state index is 0.0525. The van der Waals surface area contributed by atoms with E-state index in [1.165, 1.54) is 10.7 Å². The van der Waals surface area contributed by atoms with Gasteiger partial charge in [0.15, 0.2) is 5.76 Å². The van der Waals surface area contributed by atoms with Gasteiger partial charge in [-0.05, 0) is 30.0 Å². The lowest BCUT2D eigenvalue weighted by Gasteiger charge is -2.16. The molecule has 0 radical (unpaired) electrons. The Morgan fingerprint density at radius 3 is 2.59 bits per heavy atom. The first-order valence-corrected chi connectivity index (χ1v) is 10.6. The van der Waals surface area contributed by atoms with Crippen LogP contribution >= 0.6 is 0 Å². The van der Waals surface area contributed by atoms with E-state index in [0.29, 0.717) is 29.4 Å². The monoisotopic (exact) mass is 431 g/mol. The first-order valence-electron chi connectivity index (χ1n) is 10.6. The van der Waals surface area contributed by atoms with Crippen LogP contribution in [0.3, 0.4) is 0 Å². The van der Waals surface area contributed by atoms with Crippen LogP contribution < -0.4 is 10.9 Å². The van der Waals surface area contributed by atoms with Gasteiger partial charge in [-0.1, -0.05) is 51.1 Å². The van der Waals surface area contributed by atoms with E-state index in [9.17, 15) is 9.59 Å². The van der Waals surface area contributed by atoms with Gasteiger partial charge in [0.25, 0.3) is 5.56 Å². The molecule has 0 aliphatic heterocycles. The Labute approximate surface area is 185 Å². The lowest BCUT2D eigenvalue weighted by atomic mass is 9.96. The molecular weight excluding hydrogens is 406 g/mol. The van der Waals surface area contributed by atoms with Crippen LogP contribution in [0.4, 0.5) is 5.82 Å². The number of aromatic amines is 1. The fourth-order valence-electron chi connectivity index (χ4n) is 3.51. The zero-order chi connectivity index (χ0) is 22.7. The van der Waals surface area contributed by atoms with Gasteiger partial charge in [0.2, 0.25) is 11.9 Å². The lowest BCUT2D eigenvalue weighted by Crippen LogP contribution is -2.23. The van der Waals surface area contributed by atoms with Crippen LogP contribution in [-0.4, -0.2) is 25.7 Å². The topological polar surface area (TPSA) is 106 Å². The summed E-state index contributed by atoms with van der Waals surface area (Å²) in [6.07, 6.45) is 2.18. The van der Waals surface area contributed by atoms with Crippen LogP contribution in [0, 0.1) is 0 Å². The molecule has 4 rings (SSSR count). The molecule has 0 aliphatic rings. The second kappa shape index (κ2) is 9.05. The maximum Gasteiger partial charge on any atom is 0.252 e. The van der Waals surface area contributed by atoms with Gasteiger partial charge in [0.1, 0.15) is 11.5 Å². The Morgan fingerprint density at radius 2 is 1.94 bits per heavy atom. The Balaban J connectivity index is 1.76. The molecule has 8 nitrogen and oxygen atoms in total. The summed E-state index contributed by atoms with van der Waals surface area (Å²) in [5, 5.41) is 7.52. The number of carbonyl (C=O) groups is 1. The summed E-state index contributed by atoms with van der Waals surface area (Å²) in [6, 6.07) is 16.3. The molecule has 164 valence electrons.